The van der Waals surface area contributed by atoms with Gasteiger partial charge < -0.3 is 15.5 Å². The van der Waals surface area contributed by atoms with Crippen LogP contribution in [-0.2, 0) is 11.2 Å². The Hall–Kier alpha value is -1.56. The minimum atomic E-state index is -0.510. The Bertz CT molecular complexity index is 482. The van der Waals surface area contributed by atoms with Crippen molar-refractivity contribution in [2.75, 3.05) is 33.7 Å². The summed E-state index contributed by atoms with van der Waals surface area (Å²) in [5.74, 6) is 0.851. The molecular weight excluding hydrogens is 296 g/mol. The predicted molar refractivity (Wildman–Crippen MR) is 94.5 cm³/mol. The number of guanidine groups is 1. The molecule has 6 heteroatoms. The lowest BCUT2D eigenvalue weighted by atomic mass is 9.93. The second-order valence-corrected chi connectivity index (χ2v) is 6.92. The van der Waals surface area contributed by atoms with Crippen molar-refractivity contribution in [2.45, 2.75) is 27.2 Å². The van der Waals surface area contributed by atoms with Gasteiger partial charge in [0, 0.05) is 32.1 Å². The third-order valence-electron chi connectivity index (χ3n) is 3.44. The lowest BCUT2D eigenvalue weighted by molar-refractivity contribution is -0.128. The molecule has 1 heterocycles. The lowest BCUT2D eigenvalue weighted by Crippen LogP contribution is -2.42. The molecule has 0 aliphatic carbocycles. The number of hydrogen-bond acceptors (Lipinski definition) is 3. The smallest absolute Gasteiger partial charge is 0.227 e. The topological polar surface area (TPSA) is 56.7 Å². The summed E-state index contributed by atoms with van der Waals surface area (Å²) < 4.78 is 0. The maximum absolute atomic E-state index is 11.8. The molecule has 0 saturated carbocycles. The van der Waals surface area contributed by atoms with Gasteiger partial charge in [-0.2, -0.15) is 0 Å². The molecule has 22 heavy (non-hydrogen) atoms. The van der Waals surface area contributed by atoms with Crippen LogP contribution in [0.5, 0.6) is 0 Å². The summed E-state index contributed by atoms with van der Waals surface area (Å²) in [5.41, 5.74) is -0.510. The average Bonchev–Trinajstić information content (AvgIpc) is 3.01. The van der Waals surface area contributed by atoms with Crippen molar-refractivity contribution >= 4 is 23.2 Å². The Morgan fingerprint density at radius 2 is 2.18 bits per heavy atom. The van der Waals surface area contributed by atoms with Gasteiger partial charge in [-0.15, -0.1) is 11.3 Å². The Morgan fingerprint density at radius 3 is 2.73 bits per heavy atom. The second-order valence-electron chi connectivity index (χ2n) is 5.88. The quantitative estimate of drug-likeness (QED) is 0.595. The number of nitrogens with one attached hydrogen (secondary N) is 2. The normalized spacial score (nSPS) is 12.1. The monoisotopic (exact) mass is 324 g/mol. The molecule has 1 rings (SSSR count). The average molecular weight is 324 g/mol. The highest BCUT2D eigenvalue weighted by Gasteiger charge is 2.26. The summed E-state index contributed by atoms with van der Waals surface area (Å²) in [5, 5.41) is 8.08. The molecule has 0 spiro atoms. The Morgan fingerprint density at radius 1 is 1.45 bits per heavy atom. The van der Waals surface area contributed by atoms with E-state index in [2.05, 4.69) is 38.0 Å². The van der Waals surface area contributed by atoms with E-state index < -0.39 is 5.41 Å². The van der Waals surface area contributed by atoms with Crippen LogP contribution in [-0.4, -0.2) is 50.5 Å². The first-order valence-electron chi connectivity index (χ1n) is 7.64. The Labute approximate surface area is 137 Å². The van der Waals surface area contributed by atoms with Crippen molar-refractivity contribution in [3.8, 4) is 0 Å². The highest BCUT2D eigenvalue weighted by molar-refractivity contribution is 7.09. The standard InChI is InChI=1S/C16H28N4OS/c1-6-18-15(19-12-16(2,3)14(21)17-4)20(5)10-9-13-8-7-11-22-13/h7-8,11H,6,9-10,12H2,1-5H3,(H,17,21)(H,18,19). The molecule has 0 atom stereocenters. The van der Waals surface area contributed by atoms with E-state index in [9.17, 15) is 4.79 Å². The van der Waals surface area contributed by atoms with Gasteiger partial charge in [0.1, 0.15) is 0 Å². The second kappa shape index (κ2) is 8.78. The molecular formula is C16H28N4OS. The maximum atomic E-state index is 11.8. The zero-order valence-electron chi connectivity index (χ0n) is 14.3. The van der Waals surface area contributed by atoms with Crippen LogP contribution in [0, 0.1) is 5.41 Å². The first kappa shape index (κ1) is 18.5. The van der Waals surface area contributed by atoms with Gasteiger partial charge in [0.25, 0.3) is 0 Å². The summed E-state index contributed by atoms with van der Waals surface area (Å²) in [6.45, 7) is 8.02. The van der Waals surface area contributed by atoms with Crippen LogP contribution in [0.1, 0.15) is 25.6 Å². The molecule has 1 amide bonds. The minimum Gasteiger partial charge on any atom is -0.359 e. The summed E-state index contributed by atoms with van der Waals surface area (Å²) in [6, 6.07) is 4.22. The summed E-state index contributed by atoms with van der Waals surface area (Å²) in [4.78, 5) is 20.0. The number of rotatable bonds is 7. The first-order valence-corrected chi connectivity index (χ1v) is 8.52. The SMILES string of the molecule is CCNC(=NCC(C)(C)C(=O)NC)N(C)CCc1cccs1. The van der Waals surface area contributed by atoms with E-state index in [4.69, 9.17) is 0 Å². The minimum absolute atomic E-state index is 0.00772. The van der Waals surface area contributed by atoms with Crippen molar-refractivity contribution in [1.29, 1.82) is 0 Å². The van der Waals surface area contributed by atoms with Gasteiger partial charge >= 0.3 is 0 Å². The van der Waals surface area contributed by atoms with Gasteiger partial charge in [-0.05, 0) is 38.6 Å². The number of thiophene rings is 1. The molecule has 0 aliphatic rings. The Kier molecular flexibility index (Phi) is 7.38. The van der Waals surface area contributed by atoms with Gasteiger partial charge in [0.15, 0.2) is 5.96 Å². The highest BCUT2D eigenvalue weighted by Crippen LogP contribution is 2.15. The van der Waals surface area contributed by atoms with Crippen molar-refractivity contribution in [3.63, 3.8) is 0 Å². The number of hydrogen-bond donors (Lipinski definition) is 2. The molecule has 0 bridgehead atoms. The van der Waals surface area contributed by atoms with Crippen molar-refractivity contribution < 1.29 is 4.79 Å². The number of aliphatic imine (C=N–C) groups is 1. The van der Waals surface area contributed by atoms with Crippen LogP contribution in [0.15, 0.2) is 22.5 Å². The fourth-order valence-corrected chi connectivity index (χ4v) is 2.69. The van der Waals surface area contributed by atoms with Crippen molar-refractivity contribution in [1.82, 2.24) is 15.5 Å². The lowest BCUT2D eigenvalue weighted by Gasteiger charge is -2.25. The zero-order valence-corrected chi connectivity index (χ0v) is 15.1. The van der Waals surface area contributed by atoms with Crippen LogP contribution in [0.3, 0.4) is 0 Å². The molecule has 0 aromatic carbocycles. The van der Waals surface area contributed by atoms with Crippen LogP contribution in [0.25, 0.3) is 0 Å². The van der Waals surface area contributed by atoms with E-state index in [-0.39, 0.29) is 5.91 Å². The molecule has 5 nitrogen and oxygen atoms in total. The molecule has 0 saturated heterocycles. The summed E-state index contributed by atoms with van der Waals surface area (Å²) in [7, 11) is 3.69. The highest BCUT2D eigenvalue weighted by atomic mass is 32.1. The van der Waals surface area contributed by atoms with E-state index in [1.165, 1.54) is 4.88 Å². The van der Waals surface area contributed by atoms with Crippen molar-refractivity contribution in [3.05, 3.63) is 22.4 Å². The maximum Gasteiger partial charge on any atom is 0.227 e. The molecule has 0 aliphatic heterocycles. The third kappa shape index (κ3) is 5.67. The molecule has 1 aromatic heterocycles. The van der Waals surface area contributed by atoms with E-state index in [0.29, 0.717) is 6.54 Å². The first-order chi connectivity index (χ1) is 10.4. The molecule has 2 N–H and O–H groups in total. The molecule has 0 radical (unpaired) electrons. The Balaban J connectivity index is 2.65. The van der Waals surface area contributed by atoms with E-state index in [1.54, 1.807) is 18.4 Å². The van der Waals surface area contributed by atoms with Gasteiger partial charge in [0.05, 0.1) is 12.0 Å². The number of carbonyl (C=O) groups excluding carboxylic acids is 1. The van der Waals surface area contributed by atoms with Gasteiger partial charge in [-0.3, -0.25) is 9.79 Å². The van der Waals surface area contributed by atoms with Gasteiger partial charge in [-0.1, -0.05) is 6.07 Å². The van der Waals surface area contributed by atoms with Gasteiger partial charge in [0.2, 0.25) is 5.91 Å². The summed E-state index contributed by atoms with van der Waals surface area (Å²) >= 11 is 1.77. The molecule has 0 unspecified atom stereocenters. The zero-order chi connectivity index (χ0) is 16.6. The molecule has 124 valence electrons. The van der Waals surface area contributed by atoms with Crippen molar-refractivity contribution in [2.24, 2.45) is 10.4 Å². The van der Waals surface area contributed by atoms with Crippen LogP contribution < -0.4 is 10.6 Å². The van der Waals surface area contributed by atoms with Crippen LogP contribution >= 0.6 is 11.3 Å². The number of amides is 1. The number of likely N-dealkylation sites (N-methyl/N-ethyl adjacent to an activating group) is 1. The van der Waals surface area contributed by atoms with E-state index >= 15 is 0 Å². The number of carbonyl (C=O) groups is 1. The van der Waals surface area contributed by atoms with E-state index in [1.807, 2.05) is 27.8 Å². The molecule has 1 aromatic rings. The largest absolute Gasteiger partial charge is 0.359 e. The van der Waals surface area contributed by atoms with Crippen LogP contribution in [0.2, 0.25) is 0 Å². The van der Waals surface area contributed by atoms with Crippen LogP contribution in [0.4, 0.5) is 0 Å². The summed E-state index contributed by atoms with van der Waals surface area (Å²) in [6.07, 6.45) is 0.997. The van der Waals surface area contributed by atoms with E-state index in [0.717, 1.165) is 25.5 Å². The fourth-order valence-electron chi connectivity index (χ4n) is 1.99. The third-order valence-corrected chi connectivity index (χ3v) is 4.37. The van der Waals surface area contributed by atoms with Gasteiger partial charge in [-0.25, -0.2) is 0 Å². The predicted octanol–water partition coefficient (Wildman–Crippen LogP) is 1.96. The fraction of sp³-hybridized carbons (Fsp3) is 0.625. The molecule has 0 fully saturated rings. The number of nitrogens with zero attached hydrogens (tertiary/aromatic N) is 2.